The van der Waals surface area contributed by atoms with Gasteiger partial charge in [0.25, 0.3) is 0 Å². The first-order valence-corrected chi connectivity index (χ1v) is 7.72. The molecule has 1 fully saturated rings. The Morgan fingerprint density at radius 2 is 1.96 bits per heavy atom. The van der Waals surface area contributed by atoms with Crippen molar-refractivity contribution in [2.75, 3.05) is 26.2 Å². The van der Waals surface area contributed by atoms with Gasteiger partial charge in [0.05, 0.1) is 6.20 Å². The summed E-state index contributed by atoms with van der Waals surface area (Å²) in [5, 5.41) is 3.24. The molecule has 0 aliphatic carbocycles. The largest absolute Gasteiger partial charge is 0.441 e. The average molecular weight is 336 g/mol. The number of halogens is 1. The van der Waals surface area contributed by atoms with Crippen molar-refractivity contribution in [1.29, 1.82) is 0 Å². The van der Waals surface area contributed by atoms with E-state index in [1.165, 1.54) is 5.56 Å². The molecule has 0 bridgehead atoms. The smallest absolute Gasteiger partial charge is 0.223 e. The van der Waals surface area contributed by atoms with Crippen molar-refractivity contribution in [3.05, 3.63) is 41.9 Å². The standard InChI is InChI=1S/C17H21N3O2.ClH/c1-13-2-4-14(5-3-13)15-12-19-16(22-15)6-7-17(21)20-10-8-18-9-11-20;/h2-5,12,18H,6-11H2,1H3;1H. The second kappa shape index (κ2) is 8.13. The van der Waals surface area contributed by atoms with Gasteiger partial charge in [0.15, 0.2) is 11.7 Å². The van der Waals surface area contributed by atoms with Crippen molar-refractivity contribution < 1.29 is 9.21 Å². The molecule has 0 spiro atoms. The number of carbonyl (C=O) groups excluding carboxylic acids is 1. The fraction of sp³-hybridized carbons (Fsp3) is 0.412. The highest BCUT2D eigenvalue weighted by Gasteiger charge is 2.17. The third kappa shape index (κ3) is 4.56. The zero-order valence-electron chi connectivity index (χ0n) is 13.2. The first kappa shape index (κ1) is 17.5. The van der Waals surface area contributed by atoms with Crippen LogP contribution in [-0.4, -0.2) is 42.0 Å². The minimum absolute atomic E-state index is 0. The van der Waals surface area contributed by atoms with E-state index in [2.05, 4.69) is 17.2 Å². The van der Waals surface area contributed by atoms with Crippen LogP contribution in [0.3, 0.4) is 0 Å². The van der Waals surface area contributed by atoms with Gasteiger partial charge in [-0.25, -0.2) is 4.98 Å². The monoisotopic (exact) mass is 335 g/mol. The molecule has 0 atom stereocenters. The van der Waals surface area contributed by atoms with Gasteiger partial charge < -0.3 is 14.6 Å². The fourth-order valence-corrected chi connectivity index (χ4v) is 2.56. The van der Waals surface area contributed by atoms with Gasteiger partial charge in [-0.05, 0) is 6.92 Å². The number of hydrogen-bond acceptors (Lipinski definition) is 4. The number of amides is 1. The van der Waals surface area contributed by atoms with Gasteiger partial charge in [0.1, 0.15) is 0 Å². The molecule has 1 aromatic heterocycles. The summed E-state index contributed by atoms with van der Waals surface area (Å²) in [5.41, 5.74) is 2.22. The molecule has 23 heavy (non-hydrogen) atoms. The highest BCUT2D eigenvalue weighted by atomic mass is 35.5. The Balaban J connectivity index is 0.00000192. The second-order valence-electron chi connectivity index (χ2n) is 5.62. The number of benzene rings is 1. The van der Waals surface area contributed by atoms with Crippen molar-refractivity contribution >= 4 is 18.3 Å². The lowest BCUT2D eigenvalue weighted by atomic mass is 10.1. The van der Waals surface area contributed by atoms with Gasteiger partial charge >= 0.3 is 0 Å². The number of nitrogens with one attached hydrogen (secondary N) is 1. The van der Waals surface area contributed by atoms with Gasteiger partial charge in [-0.3, -0.25) is 4.79 Å². The molecule has 5 nitrogen and oxygen atoms in total. The van der Waals surface area contributed by atoms with Crippen LogP contribution in [0, 0.1) is 6.92 Å². The van der Waals surface area contributed by atoms with E-state index >= 15 is 0 Å². The van der Waals surface area contributed by atoms with E-state index in [4.69, 9.17) is 4.42 Å². The summed E-state index contributed by atoms with van der Waals surface area (Å²) in [4.78, 5) is 18.3. The molecule has 0 saturated carbocycles. The van der Waals surface area contributed by atoms with Crippen LogP contribution in [0.1, 0.15) is 17.9 Å². The Bertz CT molecular complexity index is 634. The SMILES string of the molecule is Cc1ccc(-c2cnc(CCC(=O)N3CCNCC3)o2)cc1.Cl. The molecule has 1 amide bonds. The highest BCUT2D eigenvalue weighted by Crippen LogP contribution is 2.21. The van der Waals surface area contributed by atoms with E-state index in [9.17, 15) is 4.79 Å². The molecule has 1 aliphatic heterocycles. The van der Waals surface area contributed by atoms with Gasteiger partial charge in [0, 0.05) is 44.6 Å². The summed E-state index contributed by atoms with van der Waals surface area (Å²) in [6, 6.07) is 8.13. The van der Waals surface area contributed by atoms with Crippen LogP contribution in [0.15, 0.2) is 34.9 Å². The summed E-state index contributed by atoms with van der Waals surface area (Å²) in [6.07, 6.45) is 2.73. The maximum absolute atomic E-state index is 12.1. The summed E-state index contributed by atoms with van der Waals surface area (Å²) < 4.78 is 5.75. The van der Waals surface area contributed by atoms with E-state index in [1.54, 1.807) is 6.20 Å². The van der Waals surface area contributed by atoms with Crippen LogP contribution in [0.25, 0.3) is 11.3 Å². The first-order valence-electron chi connectivity index (χ1n) is 7.72. The Kier molecular flexibility index (Phi) is 6.19. The lowest BCUT2D eigenvalue weighted by Crippen LogP contribution is -2.46. The predicted octanol–water partition coefficient (Wildman–Crippen LogP) is 2.44. The molecule has 1 N–H and O–H groups in total. The Morgan fingerprint density at radius 1 is 1.26 bits per heavy atom. The molecular weight excluding hydrogens is 314 g/mol. The van der Waals surface area contributed by atoms with Crippen molar-refractivity contribution in [2.24, 2.45) is 0 Å². The number of nitrogens with zero attached hydrogens (tertiary/aromatic N) is 2. The molecule has 2 heterocycles. The van der Waals surface area contributed by atoms with Crippen LogP contribution in [0.2, 0.25) is 0 Å². The summed E-state index contributed by atoms with van der Waals surface area (Å²) in [7, 11) is 0. The number of piperazine rings is 1. The predicted molar refractivity (Wildman–Crippen MR) is 91.7 cm³/mol. The Hall–Kier alpha value is -1.85. The quantitative estimate of drug-likeness (QED) is 0.932. The molecule has 1 aromatic carbocycles. The summed E-state index contributed by atoms with van der Waals surface area (Å²) in [6.45, 7) is 5.39. The summed E-state index contributed by atoms with van der Waals surface area (Å²) in [5.74, 6) is 1.56. The molecule has 1 saturated heterocycles. The Labute approximate surface area is 142 Å². The Morgan fingerprint density at radius 3 is 2.65 bits per heavy atom. The number of aryl methyl sites for hydroxylation is 2. The van der Waals surface area contributed by atoms with Crippen LogP contribution in [-0.2, 0) is 11.2 Å². The van der Waals surface area contributed by atoms with Gasteiger partial charge in [-0.1, -0.05) is 29.8 Å². The number of aromatic nitrogens is 1. The molecule has 1 aliphatic rings. The van der Waals surface area contributed by atoms with E-state index in [1.807, 2.05) is 29.2 Å². The third-order valence-corrected chi connectivity index (χ3v) is 3.91. The molecule has 0 radical (unpaired) electrons. The lowest BCUT2D eigenvalue weighted by Gasteiger charge is -2.27. The third-order valence-electron chi connectivity index (χ3n) is 3.91. The highest BCUT2D eigenvalue weighted by molar-refractivity contribution is 5.85. The zero-order chi connectivity index (χ0) is 15.4. The first-order chi connectivity index (χ1) is 10.7. The van der Waals surface area contributed by atoms with Crippen LogP contribution in [0.5, 0.6) is 0 Å². The normalized spacial score (nSPS) is 14.4. The molecule has 0 unspecified atom stereocenters. The fourth-order valence-electron chi connectivity index (χ4n) is 2.56. The number of carbonyl (C=O) groups is 1. The minimum atomic E-state index is 0. The topological polar surface area (TPSA) is 58.4 Å². The van der Waals surface area contributed by atoms with Crippen LogP contribution >= 0.6 is 12.4 Å². The molecule has 3 rings (SSSR count). The lowest BCUT2D eigenvalue weighted by molar-refractivity contribution is -0.131. The molecule has 6 heteroatoms. The molecule has 124 valence electrons. The van der Waals surface area contributed by atoms with Gasteiger partial charge in [0.2, 0.25) is 5.91 Å². The number of hydrogen-bond donors (Lipinski definition) is 1. The van der Waals surface area contributed by atoms with E-state index in [0.717, 1.165) is 37.5 Å². The zero-order valence-corrected chi connectivity index (χ0v) is 14.1. The summed E-state index contributed by atoms with van der Waals surface area (Å²) >= 11 is 0. The van der Waals surface area contributed by atoms with Crippen LogP contribution in [0.4, 0.5) is 0 Å². The van der Waals surface area contributed by atoms with Gasteiger partial charge in [-0.15, -0.1) is 12.4 Å². The van der Waals surface area contributed by atoms with E-state index < -0.39 is 0 Å². The van der Waals surface area contributed by atoms with Crippen molar-refractivity contribution in [2.45, 2.75) is 19.8 Å². The van der Waals surface area contributed by atoms with Crippen molar-refractivity contribution in [3.63, 3.8) is 0 Å². The maximum atomic E-state index is 12.1. The van der Waals surface area contributed by atoms with E-state index in [-0.39, 0.29) is 18.3 Å². The van der Waals surface area contributed by atoms with E-state index in [0.29, 0.717) is 18.7 Å². The number of oxazole rings is 1. The van der Waals surface area contributed by atoms with Crippen LogP contribution < -0.4 is 5.32 Å². The minimum Gasteiger partial charge on any atom is -0.441 e. The molecule has 2 aromatic rings. The molecular formula is C17H22ClN3O2. The van der Waals surface area contributed by atoms with Crippen molar-refractivity contribution in [3.8, 4) is 11.3 Å². The maximum Gasteiger partial charge on any atom is 0.223 e. The average Bonchev–Trinajstić information content (AvgIpc) is 3.03. The number of rotatable bonds is 4. The second-order valence-corrected chi connectivity index (χ2v) is 5.62. The van der Waals surface area contributed by atoms with Gasteiger partial charge in [-0.2, -0.15) is 0 Å². The van der Waals surface area contributed by atoms with Crippen molar-refractivity contribution in [1.82, 2.24) is 15.2 Å².